The van der Waals surface area contributed by atoms with E-state index in [1.807, 2.05) is 0 Å². The number of hydrogen-bond donors (Lipinski definition) is 2. The van der Waals surface area contributed by atoms with Crippen molar-refractivity contribution in [2.24, 2.45) is 11.8 Å². The van der Waals surface area contributed by atoms with Gasteiger partial charge in [0.15, 0.2) is 0 Å². The van der Waals surface area contributed by atoms with Crippen LogP contribution in [0.2, 0.25) is 0 Å². The summed E-state index contributed by atoms with van der Waals surface area (Å²) in [6.45, 7) is 1.47. The lowest BCUT2D eigenvalue weighted by Gasteiger charge is -2.19. The highest BCUT2D eigenvalue weighted by atomic mass is 16.5. The number of carbonyl (C=O) groups is 2. The molecule has 0 spiro atoms. The first kappa shape index (κ1) is 12.0. The summed E-state index contributed by atoms with van der Waals surface area (Å²) in [5.74, 6) is -1.68. The van der Waals surface area contributed by atoms with Crippen molar-refractivity contribution in [3.63, 3.8) is 0 Å². The van der Waals surface area contributed by atoms with Crippen LogP contribution in [0, 0.1) is 11.8 Å². The van der Waals surface area contributed by atoms with Gasteiger partial charge >= 0.3 is 11.9 Å². The Hall–Kier alpha value is -1.10. The molecule has 15 heavy (non-hydrogen) atoms. The fourth-order valence-electron chi connectivity index (χ4n) is 1.97. The fraction of sp³-hybridized carbons (Fsp3) is 0.800. The Morgan fingerprint density at radius 3 is 2.67 bits per heavy atom. The quantitative estimate of drug-likeness (QED) is 0.660. The molecule has 0 aliphatic carbocycles. The van der Waals surface area contributed by atoms with Crippen molar-refractivity contribution < 1.29 is 19.4 Å². The van der Waals surface area contributed by atoms with Crippen LogP contribution in [0.5, 0.6) is 0 Å². The summed E-state index contributed by atoms with van der Waals surface area (Å²) in [6.07, 6.45) is 1.50. The Morgan fingerprint density at radius 2 is 2.07 bits per heavy atom. The number of nitrogens with one attached hydrogen (secondary N) is 1. The minimum Gasteiger partial charge on any atom is -0.481 e. The van der Waals surface area contributed by atoms with Crippen LogP contribution in [0.25, 0.3) is 0 Å². The molecule has 0 saturated carbocycles. The van der Waals surface area contributed by atoms with E-state index < -0.39 is 11.9 Å². The number of ether oxygens (including phenoxy) is 1. The van der Waals surface area contributed by atoms with Crippen LogP contribution in [0.3, 0.4) is 0 Å². The molecule has 5 nitrogen and oxygen atoms in total. The smallest absolute Gasteiger partial charge is 0.306 e. The van der Waals surface area contributed by atoms with E-state index in [0.29, 0.717) is 19.4 Å². The number of aliphatic carboxylic acids is 1. The highest BCUT2D eigenvalue weighted by Crippen LogP contribution is 2.25. The van der Waals surface area contributed by atoms with Gasteiger partial charge in [0.25, 0.3) is 0 Å². The molecule has 0 radical (unpaired) electrons. The molecule has 0 bridgehead atoms. The van der Waals surface area contributed by atoms with Crippen molar-refractivity contribution in [3.8, 4) is 0 Å². The molecule has 0 aromatic heterocycles. The molecule has 1 heterocycles. The van der Waals surface area contributed by atoms with Gasteiger partial charge in [0, 0.05) is 6.42 Å². The van der Waals surface area contributed by atoms with Crippen molar-refractivity contribution in [3.05, 3.63) is 0 Å². The van der Waals surface area contributed by atoms with Gasteiger partial charge in [-0.2, -0.15) is 0 Å². The normalized spacial score (nSPS) is 26.7. The largest absolute Gasteiger partial charge is 0.481 e. The average molecular weight is 215 g/mol. The van der Waals surface area contributed by atoms with Gasteiger partial charge < -0.3 is 15.2 Å². The van der Waals surface area contributed by atoms with Gasteiger partial charge in [0.2, 0.25) is 0 Å². The first-order valence-electron chi connectivity index (χ1n) is 5.15. The van der Waals surface area contributed by atoms with E-state index in [-0.39, 0.29) is 18.3 Å². The first-order valence-corrected chi connectivity index (χ1v) is 5.15. The van der Waals surface area contributed by atoms with Crippen molar-refractivity contribution in [2.45, 2.75) is 19.3 Å². The average Bonchev–Trinajstić information content (AvgIpc) is 2.43. The predicted octanol–water partition coefficient (Wildman–Crippen LogP) is 0.250. The maximum Gasteiger partial charge on any atom is 0.306 e. The Balaban J connectivity index is 2.61. The van der Waals surface area contributed by atoms with Crippen LogP contribution >= 0.6 is 0 Å². The van der Waals surface area contributed by atoms with E-state index in [1.54, 1.807) is 0 Å². The van der Waals surface area contributed by atoms with Gasteiger partial charge in [-0.1, -0.05) is 0 Å². The van der Waals surface area contributed by atoms with Crippen LogP contribution in [0.1, 0.15) is 19.3 Å². The highest BCUT2D eigenvalue weighted by molar-refractivity contribution is 5.73. The zero-order valence-electron chi connectivity index (χ0n) is 8.86. The number of hydrogen-bond acceptors (Lipinski definition) is 4. The summed E-state index contributed by atoms with van der Waals surface area (Å²) in [5.41, 5.74) is 0. The van der Waals surface area contributed by atoms with Crippen molar-refractivity contribution >= 4 is 11.9 Å². The summed E-state index contributed by atoms with van der Waals surface area (Å²) in [7, 11) is 1.33. The van der Waals surface area contributed by atoms with Crippen molar-refractivity contribution in [1.82, 2.24) is 5.32 Å². The molecule has 1 saturated heterocycles. The molecule has 0 aromatic rings. The van der Waals surface area contributed by atoms with E-state index in [1.165, 1.54) is 7.11 Å². The third kappa shape index (κ3) is 3.51. The molecule has 1 aliphatic heterocycles. The molecule has 1 rings (SSSR count). The SMILES string of the molecule is COC(=O)CC1CCNCCC1C(=O)O. The van der Waals surface area contributed by atoms with Crippen LogP contribution < -0.4 is 5.32 Å². The Labute approximate surface area is 88.8 Å². The van der Waals surface area contributed by atoms with Gasteiger partial charge in [0.05, 0.1) is 13.0 Å². The molecule has 2 unspecified atom stereocenters. The maximum absolute atomic E-state index is 11.1. The summed E-state index contributed by atoms with van der Waals surface area (Å²) in [4.78, 5) is 22.1. The van der Waals surface area contributed by atoms with Crippen LogP contribution in [0.4, 0.5) is 0 Å². The van der Waals surface area contributed by atoms with Crippen LogP contribution in [-0.4, -0.2) is 37.2 Å². The topological polar surface area (TPSA) is 75.6 Å². The van der Waals surface area contributed by atoms with Gasteiger partial charge in [-0.25, -0.2) is 0 Å². The zero-order chi connectivity index (χ0) is 11.3. The lowest BCUT2D eigenvalue weighted by Crippen LogP contribution is -2.26. The number of carboxylic acid groups (broad SMARTS) is 1. The number of carbonyl (C=O) groups excluding carboxylic acids is 1. The van der Waals surface area contributed by atoms with E-state index in [2.05, 4.69) is 10.1 Å². The highest BCUT2D eigenvalue weighted by Gasteiger charge is 2.31. The Morgan fingerprint density at radius 1 is 1.40 bits per heavy atom. The number of rotatable bonds is 3. The Bertz CT molecular complexity index is 242. The summed E-state index contributed by atoms with van der Waals surface area (Å²) >= 11 is 0. The van der Waals surface area contributed by atoms with E-state index in [9.17, 15) is 9.59 Å². The second-order valence-electron chi connectivity index (χ2n) is 3.81. The van der Waals surface area contributed by atoms with Gasteiger partial charge in [-0.05, 0) is 31.8 Å². The molecule has 5 heteroatoms. The second-order valence-corrected chi connectivity index (χ2v) is 3.81. The van der Waals surface area contributed by atoms with Crippen LogP contribution in [-0.2, 0) is 14.3 Å². The fourth-order valence-corrected chi connectivity index (χ4v) is 1.97. The monoisotopic (exact) mass is 215 g/mol. The lowest BCUT2D eigenvalue weighted by molar-refractivity contribution is -0.146. The molecule has 1 fully saturated rings. The molecule has 0 amide bonds. The van der Waals surface area contributed by atoms with E-state index in [0.717, 1.165) is 6.54 Å². The summed E-state index contributed by atoms with van der Waals surface area (Å²) in [5, 5.41) is 12.2. The molecule has 1 aliphatic rings. The molecule has 2 N–H and O–H groups in total. The minimum absolute atomic E-state index is 0.107. The number of esters is 1. The van der Waals surface area contributed by atoms with Gasteiger partial charge in [-0.3, -0.25) is 9.59 Å². The van der Waals surface area contributed by atoms with Crippen molar-refractivity contribution in [1.29, 1.82) is 0 Å². The van der Waals surface area contributed by atoms with Crippen LogP contribution in [0.15, 0.2) is 0 Å². The predicted molar refractivity (Wildman–Crippen MR) is 53.4 cm³/mol. The first-order chi connectivity index (χ1) is 7.15. The Kier molecular flexibility index (Phi) is 4.55. The lowest BCUT2D eigenvalue weighted by atomic mass is 9.85. The molecular formula is C10H17NO4. The zero-order valence-corrected chi connectivity index (χ0v) is 8.86. The standard InChI is InChI=1S/C10H17NO4/c1-15-9(12)6-7-2-4-11-5-3-8(7)10(13)14/h7-8,11H,2-6H2,1H3,(H,13,14). The number of methoxy groups -OCH3 is 1. The van der Waals surface area contributed by atoms with E-state index in [4.69, 9.17) is 5.11 Å². The number of carboxylic acids is 1. The van der Waals surface area contributed by atoms with Gasteiger partial charge in [-0.15, -0.1) is 0 Å². The molecule has 86 valence electrons. The third-order valence-electron chi connectivity index (χ3n) is 2.87. The van der Waals surface area contributed by atoms with Crippen molar-refractivity contribution in [2.75, 3.05) is 20.2 Å². The minimum atomic E-state index is -0.812. The van der Waals surface area contributed by atoms with E-state index >= 15 is 0 Å². The third-order valence-corrected chi connectivity index (χ3v) is 2.87. The molecular weight excluding hydrogens is 198 g/mol. The molecule has 0 aromatic carbocycles. The van der Waals surface area contributed by atoms with Gasteiger partial charge in [0.1, 0.15) is 0 Å². The maximum atomic E-state index is 11.1. The summed E-state index contributed by atoms with van der Waals surface area (Å²) in [6, 6.07) is 0. The molecule has 2 atom stereocenters. The second kappa shape index (κ2) is 5.70. The summed E-state index contributed by atoms with van der Waals surface area (Å²) < 4.78 is 4.57.